The maximum Gasteiger partial charge on any atom is 0.416 e. The fraction of sp³-hybridized carbons (Fsp3) is 0.611. The van der Waals surface area contributed by atoms with Gasteiger partial charge in [-0.2, -0.15) is 13.2 Å². The minimum absolute atomic E-state index is 0. The van der Waals surface area contributed by atoms with Gasteiger partial charge < -0.3 is 20.1 Å². The summed E-state index contributed by atoms with van der Waals surface area (Å²) >= 11 is 0. The standard InChI is InChI=1S/C18H26F3N3O2.HI/c1-22-17(23-9-2-11-26-16-8-12-25-13-16)24-10-7-14-3-5-15(6-4-14)18(19,20)21;/h3-6,16H,2,7-13H2,1H3,(H2,22,23,24);1H. The Balaban J connectivity index is 0.00000364. The summed E-state index contributed by atoms with van der Waals surface area (Å²) in [6, 6.07) is 5.23. The van der Waals surface area contributed by atoms with Gasteiger partial charge in [0, 0.05) is 33.4 Å². The second kappa shape index (κ2) is 12.4. The molecule has 0 spiro atoms. The fourth-order valence-electron chi connectivity index (χ4n) is 2.58. The molecule has 1 aliphatic heterocycles. The van der Waals surface area contributed by atoms with Crippen LogP contribution < -0.4 is 10.6 Å². The largest absolute Gasteiger partial charge is 0.416 e. The zero-order valence-electron chi connectivity index (χ0n) is 15.3. The lowest BCUT2D eigenvalue weighted by Crippen LogP contribution is -2.39. The van der Waals surface area contributed by atoms with Crippen LogP contribution in [0, 0.1) is 0 Å². The maximum atomic E-state index is 12.5. The van der Waals surface area contributed by atoms with Gasteiger partial charge in [0.05, 0.1) is 18.3 Å². The first-order valence-corrected chi connectivity index (χ1v) is 8.79. The van der Waals surface area contributed by atoms with E-state index in [2.05, 4.69) is 15.6 Å². The number of nitrogens with zero attached hydrogens (tertiary/aromatic N) is 1. The summed E-state index contributed by atoms with van der Waals surface area (Å²) in [5, 5.41) is 6.34. The van der Waals surface area contributed by atoms with E-state index < -0.39 is 11.7 Å². The first-order valence-electron chi connectivity index (χ1n) is 8.79. The van der Waals surface area contributed by atoms with Gasteiger partial charge in [0.2, 0.25) is 0 Å². The normalized spacial score (nSPS) is 17.5. The Labute approximate surface area is 175 Å². The van der Waals surface area contributed by atoms with Crippen LogP contribution in [0.5, 0.6) is 0 Å². The van der Waals surface area contributed by atoms with E-state index in [9.17, 15) is 13.2 Å². The van der Waals surface area contributed by atoms with Gasteiger partial charge in [-0.3, -0.25) is 4.99 Å². The number of nitrogens with one attached hydrogen (secondary N) is 2. The summed E-state index contributed by atoms with van der Waals surface area (Å²) in [7, 11) is 1.68. The molecule has 154 valence electrons. The van der Waals surface area contributed by atoms with Gasteiger partial charge in [-0.15, -0.1) is 24.0 Å². The van der Waals surface area contributed by atoms with Gasteiger partial charge >= 0.3 is 6.18 Å². The summed E-state index contributed by atoms with van der Waals surface area (Å²) in [5.41, 5.74) is 0.214. The highest BCUT2D eigenvalue weighted by Crippen LogP contribution is 2.29. The third-order valence-electron chi connectivity index (χ3n) is 4.07. The Morgan fingerprint density at radius 2 is 1.93 bits per heavy atom. The SMILES string of the molecule is CN=C(NCCCOC1CCOC1)NCCc1ccc(C(F)(F)F)cc1.I. The van der Waals surface area contributed by atoms with Crippen LogP contribution in [0.15, 0.2) is 29.3 Å². The Bertz CT molecular complexity index is 562. The van der Waals surface area contributed by atoms with E-state index in [1.807, 2.05) is 0 Å². The number of hydrogen-bond donors (Lipinski definition) is 2. The lowest BCUT2D eigenvalue weighted by Gasteiger charge is -2.13. The van der Waals surface area contributed by atoms with Crippen LogP contribution in [0.1, 0.15) is 24.0 Å². The number of benzene rings is 1. The molecule has 0 bridgehead atoms. The van der Waals surface area contributed by atoms with Gasteiger partial charge in [-0.1, -0.05) is 12.1 Å². The summed E-state index contributed by atoms with van der Waals surface area (Å²) < 4.78 is 48.5. The molecular formula is C18H27F3IN3O2. The van der Waals surface area contributed by atoms with Gasteiger partial charge in [0.25, 0.3) is 0 Å². The van der Waals surface area contributed by atoms with Crippen molar-refractivity contribution in [2.75, 3.05) is 40.0 Å². The smallest absolute Gasteiger partial charge is 0.379 e. The van der Waals surface area contributed by atoms with Crippen LogP contribution in [0.25, 0.3) is 0 Å². The molecular weight excluding hydrogens is 474 g/mol. The average Bonchev–Trinajstić information content (AvgIpc) is 3.13. The van der Waals surface area contributed by atoms with Crippen LogP contribution in [-0.4, -0.2) is 52.0 Å². The van der Waals surface area contributed by atoms with Crippen LogP contribution >= 0.6 is 24.0 Å². The lowest BCUT2D eigenvalue weighted by atomic mass is 10.1. The molecule has 1 aromatic rings. The summed E-state index contributed by atoms with van der Waals surface area (Å²) in [5.74, 6) is 0.668. The molecule has 0 aliphatic carbocycles. The molecule has 0 radical (unpaired) electrons. The van der Waals surface area contributed by atoms with Crippen molar-refractivity contribution in [2.45, 2.75) is 31.5 Å². The molecule has 1 atom stereocenters. The molecule has 1 unspecified atom stereocenters. The molecule has 1 heterocycles. The Kier molecular flexibility index (Phi) is 11.0. The highest BCUT2D eigenvalue weighted by molar-refractivity contribution is 14.0. The highest BCUT2D eigenvalue weighted by atomic mass is 127. The molecule has 5 nitrogen and oxygen atoms in total. The van der Waals surface area contributed by atoms with Crippen LogP contribution in [0.4, 0.5) is 13.2 Å². The summed E-state index contributed by atoms with van der Waals surface area (Å²) in [6.07, 6.45) is -1.64. The van der Waals surface area contributed by atoms with Crippen molar-refractivity contribution < 1.29 is 22.6 Å². The molecule has 1 aliphatic rings. The maximum absolute atomic E-state index is 12.5. The van der Waals surface area contributed by atoms with E-state index in [4.69, 9.17) is 9.47 Å². The minimum atomic E-state index is -4.29. The van der Waals surface area contributed by atoms with Gasteiger partial charge in [-0.05, 0) is 37.0 Å². The third kappa shape index (κ3) is 9.11. The number of ether oxygens (including phenoxy) is 2. The molecule has 9 heteroatoms. The topological polar surface area (TPSA) is 54.9 Å². The highest BCUT2D eigenvalue weighted by Gasteiger charge is 2.29. The predicted octanol–water partition coefficient (Wildman–Crippen LogP) is 3.23. The number of halogens is 4. The van der Waals surface area contributed by atoms with Crippen molar-refractivity contribution in [2.24, 2.45) is 4.99 Å². The van der Waals surface area contributed by atoms with Crippen molar-refractivity contribution in [1.29, 1.82) is 0 Å². The number of guanidine groups is 1. The summed E-state index contributed by atoms with van der Waals surface area (Å²) in [4.78, 5) is 4.13. The zero-order chi connectivity index (χ0) is 18.8. The Hall–Kier alpha value is -1.07. The van der Waals surface area contributed by atoms with E-state index in [0.29, 0.717) is 32.1 Å². The molecule has 27 heavy (non-hydrogen) atoms. The first-order chi connectivity index (χ1) is 12.5. The van der Waals surface area contributed by atoms with Crippen LogP contribution in [0.3, 0.4) is 0 Å². The van der Waals surface area contributed by atoms with Gasteiger partial charge in [0.15, 0.2) is 5.96 Å². The second-order valence-electron chi connectivity index (χ2n) is 6.08. The number of rotatable bonds is 8. The quantitative estimate of drug-likeness (QED) is 0.249. The van der Waals surface area contributed by atoms with E-state index in [1.54, 1.807) is 7.05 Å². The van der Waals surface area contributed by atoms with E-state index in [1.165, 1.54) is 12.1 Å². The molecule has 1 saturated heterocycles. The van der Waals surface area contributed by atoms with E-state index in [-0.39, 0.29) is 30.1 Å². The number of alkyl halides is 3. The molecule has 0 amide bonds. The average molecular weight is 501 g/mol. The van der Waals surface area contributed by atoms with Crippen LogP contribution in [0.2, 0.25) is 0 Å². The zero-order valence-corrected chi connectivity index (χ0v) is 17.7. The molecule has 1 fully saturated rings. The fourth-order valence-corrected chi connectivity index (χ4v) is 2.58. The second-order valence-corrected chi connectivity index (χ2v) is 6.08. The number of hydrogen-bond acceptors (Lipinski definition) is 3. The minimum Gasteiger partial charge on any atom is -0.379 e. The molecule has 2 N–H and O–H groups in total. The van der Waals surface area contributed by atoms with Crippen molar-refractivity contribution in [3.8, 4) is 0 Å². The Morgan fingerprint density at radius 1 is 1.22 bits per heavy atom. The monoisotopic (exact) mass is 501 g/mol. The van der Waals surface area contributed by atoms with Crippen molar-refractivity contribution >= 4 is 29.9 Å². The van der Waals surface area contributed by atoms with Crippen molar-refractivity contribution in [3.63, 3.8) is 0 Å². The molecule has 0 aromatic heterocycles. The van der Waals surface area contributed by atoms with Gasteiger partial charge in [0.1, 0.15) is 0 Å². The van der Waals surface area contributed by atoms with Gasteiger partial charge in [-0.25, -0.2) is 0 Å². The van der Waals surface area contributed by atoms with E-state index >= 15 is 0 Å². The Morgan fingerprint density at radius 3 is 2.52 bits per heavy atom. The molecule has 1 aromatic carbocycles. The number of aliphatic imine (C=N–C) groups is 1. The van der Waals surface area contributed by atoms with E-state index in [0.717, 1.165) is 43.7 Å². The molecule has 0 saturated carbocycles. The third-order valence-corrected chi connectivity index (χ3v) is 4.07. The summed E-state index contributed by atoms with van der Waals surface area (Å²) in [6.45, 7) is 3.44. The lowest BCUT2D eigenvalue weighted by molar-refractivity contribution is -0.137. The van der Waals surface area contributed by atoms with Crippen molar-refractivity contribution in [3.05, 3.63) is 35.4 Å². The first kappa shape index (κ1) is 24.0. The van der Waals surface area contributed by atoms with Crippen molar-refractivity contribution in [1.82, 2.24) is 10.6 Å². The predicted molar refractivity (Wildman–Crippen MR) is 110 cm³/mol. The van der Waals surface area contributed by atoms with Crippen LogP contribution in [-0.2, 0) is 22.1 Å². The molecule has 2 rings (SSSR count).